The number of aromatic amines is 1. The van der Waals surface area contributed by atoms with E-state index in [1.54, 1.807) is 0 Å². The molecule has 1 aromatic rings. The van der Waals surface area contributed by atoms with E-state index in [9.17, 15) is 4.79 Å². The Bertz CT molecular complexity index is 437. The fraction of sp³-hybridized carbons (Fsp3) is 0.692. The maximum absolute atomic E-state index is 11.5. The zero-order chi connectivity index (χ0) is 13.8. The molecule has 0 unspecified atom stereocenters. The van der Waals surface area contributed by atoms with Crippen LogP contribution in [0.2, 0.25) is 0 Å². The van der Waals surface area contributed by atoms with Gasteiger partial charge in [-0.3, -0.25) is 4.79 Å². The first-order valence-electron chi connectivity index (χ1n) is 6.39. The van der Waals surface area contributed by atoms with Crippen molar-refractivity contribution in [3.05, 3.63) is 22.2 Å². The Balaban J connectivity index is 2.76. The first kappa shape index (κ1) is 14.7. The monoisotopic (exact) mass is 252 g/mol. The lowest BCUT2D eigenvalue weighted by Crippen LogP contribution is -2.27. The third kappa shape index (κ3) is 4.49. The van der Waals surface area contributed by atoms with Crippen molar-refractivity contribution in [3.63, 3.8) is 0 Å². The highest BCUT2D eigenvalue weighted by Gasteiger charge is 2.17. The van der Waals surface area contributed by atoms with Gasteiger partial charge in [-0.2, -0.15) is 0 Å². The van der Waals surface area contributed by atoms with Crippen LogP contribution in [-0.4, -0.2) is 23.1 Å². The summed E-state index contributed by atoms with van der Waals surface area (Å²) < 4.78 is 0. The van der Waals surface area contributed by atoms with E-state index in [0.717, 1.165) is 13.0 Å². The zero-order valence-corrected chi connectivity index (χ0v) is 11.7. The molecule has 0 aliphatic rings. The Morgan fingerprint density at radius 2 is 2.17 bits per heavy atom. The van der Waals surface area contributed by atoms with Gasteiger partial charge in [-0.15, -0.1) is 0 Å². The van der Waals surface area contributed by atoms with Crippen molar-refractivity contribution in [2.75, 3.05) is 18.4 Å². The number of nitrogens with zero attached hydrogens (tertiary/aromatic N) is 1. The third-order valence-corrected chi connectivity index (χ3v) is 2.88. The van der Waals surface area contributed by atoms with E-state index in [2.05, 4.69) is 29.1 Å². The van der Waals surface area contributed by atoms with Crippen molar-refractivity contribution >= 4 is 5.82 Å². The molecular formula is C13H24N4O. The summed E-state index contributed by atoms with van der Waals surface area (Å²) >= 11 is 0. The van der Waals surface area contributed by atoms with Gasteiger partial charge >= 0.3 is 0 Å². The minimum Gasteiger partial charge on any atom is -0.369 e. The molecule has 1 aromatic heterocycles. The Morgan fingerprint density at radius 1 is 1.50 bits per heavy atom. The summed E-state index contributed by atoms with van der Waals surface area (Å²) in [6, 6.07) is 1.49. The number of anilines is 1. The van der Waals surface area contributed by atoms with Gasteiger partial charge in [0, 0.05) is 18.5 Å². The van der Waals surface area contributed by atoms with Gasteiger partial charge in [-0.1, -0.05) is 27.7 Å². The maximum Gasteiger partial charge on any atom is 0.252 e. The van der Waals surface area contributed by atoms with Crippen LogP contribution in [0.15, 0.2) is 10.9 Å². The van der Waals surface area contributed by atoms with Crippen LogP contribution in [0, 0.1) is 5.41 Å². The predicted molar refractivity (Wildman–Crippen MR) is 74.9 cm³/mol. The second-order valence-corrected chi connectivity index (χ2v) is 5.73. The molecule has 4 N–H and O–H groups in total. The summed E-state index contributed by atoms with van der Waals surface area (Å²) in [5.74, 6) is 1.55. The average Bonchev–Trinajstić information content (AvgIpc) is 2.26. The molecule has 0 atom stereocenters. The van der Waals surface area contributed by atoms with Gasteiger partial charge in [0.1, 0.15) is 11.6 Å². The van der Waals surface area contributed by atoms with Crippen molar-refractivity contribution < 1.29 is 0 Å². The summed E-state index contributed by atoms with van der Waals surface area (Å²) in [6.45, 7) is 9.69. The Labute approximate surface area is 108 Å². The van der Waals surface area contributed by atoms with Crippen molar-refractivity contribution in [2.24, 2.45) is 11.1 Å². The second-order valence-electron chi connectivity index (χ2n) is 5.73. The van der Waals surface area contributed by atoms with Crippen molar-refractivity contribution in [1.29, 1.82) is 0 Å². The summed E-state index contributed by atoms with van der Waals surface area (Å²) in [5.41, 5.74) is 5.55. The van der Waals surface area contributed by atoms with E-state index in [1.165, 1.54) is 6.07 Å². The molecule has 18 heavy (non-hydrogen) atoms. The largest absolute Gasteiger partial charge is 0.369 e. The molecule has 0 spiro atoms. The first-order valence-corrected chi connectivity index (χ1v) is 6.39. The Hall–Kier alpha value is -1.36. The van der Waals surface area contributed by atoms with E-state index in [-0.39, 0.29) is 16.9 Å². The number of aromatic nitrogens is 2. The maximum atomic E-state index is 11.5. The van der Waals surface area contributed by atoms with Crippen LogP contribution in [0.3, 0.4) is 0 Å². The van der Waals surface area contributed by atoms with Crippen LogP contribution in [0.1, 0.15) is 45.9 Å². The quantitative estimate of drug-likeness (QED) is 0.719. The van der Waals surface area contributed by atoms with Gasteiger partial charge < -0.3 is 16.0 Å². The molecule has 0 fully saturated rings. The van der Waals surface area contributed by atoms with Crippen LogP contribution in [0.4, 0.5) is 5.82 Å². The molecule has 5 nitrogen and oxygen atoms in total. The van der Waals surface area contributed by atoms with E-state index in [1.807, 2.05) is 13.8 Å². The average molecular weight is 252 g/mol. The molecule has 102 valence electrons. The molecule has 0 bridgehead atoms. The molecule has 1 heterocycles. The van der Waals surface area contributed by atoms with Gasteiger partial charge in [-0.05, 0) is 18.4 Å². The van der Waals surface area contributed by atoms with Crippen LogP contribution >= 0.6 is 0 Å². The topological polar surface area (TPSA) is 83.8 Å². The molecule has 0 saturated carbocycles. The number of hydrogen-bond acceptors (Lipinski definition) is 4. The summed E-state index contributed by atoms with van der Waals surface area (Å²) in [7, 11) is 0. The standard InChI is InChI=1S/C13H24N4O/c1-9(2)12-16-10(7-11(18)17-12)15-8-13(3,4)5-6-14/h7,9H,5-6,8,14H2,1-4H3,(H2,15,16,17,18). The zero-order valence-electron chi connectivity index (χ0n) is 11.7. The molecule has 1 rings (SSSR count). The second kappa shape index (κ2) is 6.00. The number of nitrogens with two attached hydrogens (primary N) is 1. The molecule has 0 aromatic carbocycles. The van der Waals surface area contributed by atoms with Gasteiger partial charge in [0.05, 0.1) is 0 Å². The minimum atomic E-state index is -0.118. The molecule has 0 aliphatic heterocycles. The summed E-state index contributed by atoms with van der Waals surface area (Å²) in [6.07, 6.45) is 0.931. The van der Waals surface area contributed by atoms with Gasteiger partial charge in [-0.25, -0.2) is 4.98 Å². The van der Waals surface area contributed by atoms with Crippen LogP contribution < -0.4 is 16.6 Å². The number of hydrogen-bond donors (Lipinski definition) is 3. The summed E-state index contributed by atoms with van der Waals surface area (Å²) in [5, 5.41) is 3.22. The van der Waals surface area contributed by atoms with Crippen LogP contribution in [0.25, 0.3) is 0 Å². The Morgan fingerprint density at radius 3 is 2.72 bits per heavy atom. The molecule has 0 aliphatic carbocycles. The van der Waals surface area contributed by atoms with Gasteiger partial charge in [0.2, 0.25) is 0 Å². The lowest BCUT2D eigenvalue weighted by Gasteiger charge is -2.24. The molecule has 0 saturated heterocycles. The highest BCUT2D eigenvalue weighted by Crippen LogP contribution is 2.19. The SMILES string of the molecule is CC(C)c1nc(NCC(C)(C)CCN)cc(=O)[nH]1. The number of H-pyrrole nitrogens is 1. The van der Waals surface area contributed by atoms with Crippen molar-refractivity contribution in [1.82, 2.24) is 9.97 Å². The van der Waals surface area contributed by atoms with Crippen molar-refractivity contribution in [3.8, 4) is 0 Å². The lowest BCUT2D eigenvalue weighted by molar-refractivity contribution is 0.365. The lowest BCUT2D eigenvalue weighted by atomic mass is 9.89. The minimum absolute atomic E-state index is 0.0943. The van der Waals surface area contributed by atoms with Crippen molar-refractivity contribution in [2.45, 2.75) is 40.0 Å². The normalized spacial score (nSPS) is 11.9. The van der Waals surface area contributed by atoms with Crippen LogP contribution in [0.5, 0.6) is 0 Å². The highest BCUT2D eigenvalue weighted by atomic mass is 16.1. The molecule has 0 amide bonds. The Kier molecular flexibility index (Phi) is 4.90. The highest BCUT2D eigenvalue weighted by molar-refractivity contribution is 5.33. The van der Waals surface area contributed by atoms with Crippen LogP contribution in [-0.2, 0) is 0 Å². The fourth-order valence-corrected chi connectivity index (χ4v) is 1.65. The fourth-order valence-electron chi connectivity index (χ4n) is 1.65. The van der Waals surface area contributed by atoms with E-state index in [4.69, 9.17) is 5.73 Å². The predicted octanol–water partition coefficient (Wildman–Crippen LogP) is 1.68. The summed E-state index contributed by atoms with van der Waals surface area (Å²) in [4.78, 5) is 18.7. The van der Waals surface area contributed by atoms with E-state index < -0.39 is 0 Å². The van der Waals surface area contributed by atoms with Gasteiger partial charge in [0.15, 0.2) is 0 Å². The van der Waals surface area contributed by atoms with E-state index >= 15 is 0 Å². The smallest absolute Gasteiger partial charge is 0.252 e. The van der Waals surface area contributed by atoms with E-state index in [0.29, 0.717) is 18.2 Å². The number of rotatable bonds is 6. The molecule has 0 radical (unpaired) electrons. The third-order valence-electron chi connectivity index (χ3n) is 2.88. The molecular weight excluding hydrogens is 228 g/mol. The first-order chi connectivity index (χ1) is 8.34. The van der Waals surface area contributed by atoms with Gasteiger partial charge in [0.25, 0.3) is 5.56 Å². The molecule has 5 heteroatoms. The number of nitrogens with one attached hydrogen (secondary N) is 2.